The van der Waals surface area contributed by atoms with Crippen molar-refractivity contribution in [1.82, 2.24) is 9.80 Å². The van der Waals surface area contributed by atoms with E-state index in [2.05, 4.69) is 86.0 Å². The third kappa shape index (κ3) is 20.1. The standard InChI is InChI=1S/C44H76N2O2/c1-5-9-13-15-21-33-45(31-11-7-3)35-23-25-37-47-39-41-27-17-19-29-43(41)44-30-20-18-28-42(44)40-48-38-26-24-36-46(32-12-8-4)34-22-16-14-10-6-2/h17-20,27-30H,5-16,21-26,31-40H2,1-4H3. The highest BCUT2D eigenvalue weighted by Gasteiger charge is 2.11. The average molecular weight is 665 g/mol. The van der Waals surface area contributed by atoms with Crippen LogP contribution in [0.25, 0.3) is 11.1 Å². The molecule has 4 heteroatoms. The minimum atomic E-state index is 0.662. The van der Waals surface area contributed by atoms with Gasteiger partial charge < -0.3 is 19.3 Å². The van der Waals surface area contributed by atoms with Crippen molar-refractivity contribution in [2.75, 3.05) is 52.5 Å². The van der Waals surface area contributed by atoms with Gasteiger partial charge in [0.05, 0.1) is 13.2 Å². The summed E-state index contributed by atoms with van der Waals surface area (Å²) in [4.78, 5) is 5.39. The van der Waals surface area contributed by atoms with Gasteiger partial charge in [-0.05, 0) is 113 Å². The topological polar surface area (TPSA) is 24.9 Å². The molecule has 0 aliphatic rings. The molecule has 0 N–H and O–H groups in total. The monoisotopic (exact) mass is 665 g/mol. The second-order valence-corrected chi connectivity index (χ2v) is 14.1. The van der Waals surface area contributed by atoms with E-state index in [9.17, 15) is 0 Å². The van der Waals surface area contributed by atoms with Gasteiger partial charge in [-0.25, -0.2) is 0 Å². The molecule has 274 valence electrons. The predicted octanol–water partition coefficient (Wildman–Crippen LogP) is 12.1. The molecule has 2 rings (SSSR count). The first-order valence-electron chi connectivity index (χ1n) is 20.5. The maximum Gasteiger partial charge on any atom is 0.0722 e. The predicted molar refractivity (Wildman–Crippen MR) is 210 cm³/mol. The average Bonchev–Trinajstić information content (AvgIpc) is 3.11. The van der Waals surface area contributed by atoms with Gasteiger partial charge in [0, 0.05) is 13.2 Å². The molecule has 48 heavy (non-hydrogen) atoms. The minimum Gasteiger partial charge on any atom is -0.377 e. The summed E-state index contributed by atoms with van der Waals surface area (Å²) in [6.45, 7) is 19.6. The molecule has 0 atom stereocenters. The van der Waals surface area contributed by atoms with Crippen LogP contribution in [0.3, 0.4) is 0 Å². The fraction of sp³-hybridized carbons (Fsp3) is 0.727. The fourth-order valence-corrected chi connectivity index (χ4v) is 6.57. The molecule has 0 bridgehead atoms. The Balaban J connectivity index is 1.76. The Morgan fingerprint density at radius 1 is 0.375 bits per heavy atom. The van der Waals surface area contributed by atoms with E-state index in [1.54, 1.807) is 0 Å². The molecule has 0 unspecified atom stereocenters. The number of rotatable bonds is 33. The van der Waals surface area contributed by atoms with E-state index in [0.29, 0.717) is 13.2 Å². The highest BCUT2D eigenvalue weighted by Crippen LogP contribution is 2.28. The van der Waals surface area contributed by atoms with Crippen LogP contribution < -0.4 is 0 Å². The first kappa shape index (κ1) is 42.4. The van der Waals surface area contributed by atoms with Crippen LogP contribution in [0.1, 0.15) is 154 Å². The van der Waals surface area contributed by atoms with Crippen molar-refractivity contribution < 1.29 is 9.47 Å². The van der Waals surface area contributed by atoms with Gasteiger partial charge in [-0.2, -0.15) is 0 Å². The van der Waals surface area contributed by atoms with E-state index in [1.165, 1.54) is 164 Å². The summed E-state index contributed by atoms with van der Waals surface area (Å²) in [6.07, 6.45) is 23.5. The number of hydrogen-bond acceptors (Lipinski definition) is 4. The molecular formula is C44H76N2O2. The van der Waals surface area contributed by atoms with E-state index in [0.717, 1.165) is 26.1 Å². The quantitative estimate of drug-likeness (QED) is 0.0709. The van der Waals surface area contributed by atoms with Crippen LogP contribution in [0.15, 0.2) is 48.5 Å². The number of hydrogen-bond donors (Lipinski definition) is 0. The van der Waals surface area contributed by atoms with Crippen molar-refractivity contribution >= 4 is 0 Å². The summed E-state index contributed by atoms with van der Waals surface area (Å²) in [5, 5.41) is 0. The molecule has 0 saturated heterocycles. The van der Waals surface area contributed by atoms with Gasteiger partial charge in [0.1, 0.15) is 0 Å². The minimum absolute atomic E-state index is 0.662. The molecule has 4 nitrogen and oxygen atoms in total. The number of benzene rings is 2. The molecule has 0 radical (unpaired) electrons. The van der Waals surface area contributed by atoms with Crippen molar-refractivity contribution in [1.29, 1.82) is 0 Å². The lowest BCUT2D eigenvalue weighted by molar-refractivity contribution is 0.113. The van der Waals surface area contributed by atoms with Crippen LogP contribution in [0.5, 0.6) is 0 Å². The summed E-state index contributed by atoms with van der Waals surface area (Å²) in [5.41, 5.74) is 5.08. The molecule has 0 aromatic heterocycles. The summed E-state index contributed by atoms with van der Waals surface area (Å²) in [6, 6.07) is 17.5. The van der Waals surface area contributed by atoms with Crippen LogP contribution >= 0.6 is 0 Å². The number of ether oxygens (including phenoxy) is 2. The van der Waals surface area contributed by atoms with Gasteiger partial charge in [0.25, 0.3) is 0 Å². The summed E-state index contributed by atoms with van der Waals surface area (Å²) < 4.78 is 12.5. The molecular weight excluding hydrogens is 588 g/mol. The molecule has 0 aliphatic heterocycles. The van der Waals surface area contributed by atoms with Gasteiger partial charge in [-0.3, -0.25) is 0 Å². The first-order chi connectivity index (χ1) is 23.7. The molecule has 0 saturated carbocycles. The highest BCUT2D eigenvalue weighted by atomic mass is 16.5. The van der Waals surface area contributed by atoms with Crippen LogP contribution in [0, 0.1) is 0 Å². The zero-order valence-electron chi connectivity index (χ0n) is 32.1. The van der Waals surface area contributed by atoms with E-state index in [4.69, 9.17) is 9.47 Å². The maximum atomic E-state index is 6.27. The second kappa shape index (κ2) is 30.1. The Labute approximate surface area is 298 Å². The normalized spacial score (nSPS) is 11.7. The van der Waals surface area contributed by atoms with Crippen molar-refractivity contribution in [3.05, 3.63) is 59.7 Å². The van der Waals surface area contributed by atoms with Gasteiger partial charge in [-0.15, -0.1) is 0 Å². The molecule has 2 aromatic carbocycles. The highest BCUT2D eigenvalue weighted by molar-refractivity contribution is 5.70. The zero-order valence-corrected chi connectivity index (χ0v) is 32.1. The molecule has 0 spiro atoms. The molecule has 0 amide bonds. The van der Waals surface area contributed by atoms with E-state index in [-0.39, 0.29) is 0 Å². The zero-order chi connectivity index (χ0) is 34.3. The molecule has 0 fully saturated rings. The largest absolute Gasteiger partial charge is 0.377 e. The van der Waals surface area contributed by atoms with Crippen molar-refractivity contribution in [3.8, 4) is 11.1 Å². The lowest BCUT2D eigenvalue weighted by atomic mass is 9.96. The third-order valence-corrected chi connectivity index (χ3v) is 9.68. The SMILES string of the molecule is CCCCCCCN(CCCC)CCCCOCc1ccccc1-c1ccccc1COCCCCN(CCCC)CCCCCCC. The number of unbranched alkanes of at least 4 members (excludes halogenated alkanes) is 12. The smallest absolute Gasteiger partial charge is 0.0722 e. The molecule has 0 heterocycles. The second-order valence-electron chi connectivity index (χ2n) is 14.1. The third-order valence-electron chi connectivity index (χ3n) is 9.68. The van der Waals surface area contributed by atoms with E-state index in [1.807, 2.05) is 0 Å². The van der Waals surface area contributed by atoms with Gasteiger partial charge in [0.2, 0.25) is 0 Å². The molecule has 0 aliphatic carbocycles. The van der Waals surface area contributed by atoms with Crippen LogP contribution in [0.2, 0.25) is 0 Å². The lowest BCUT2D eigenvalue weighted by Crippen LogP contribution is -2.27. The Bertz CT molecular complexity index is 916. The fourth-order valence-electron chi connectivity index (χ4n) is 6.57. The van der Waals surface area contributed by atoms with Gasteiger partial charge in [0.15, 0.2) is 0 Å². The lowest BCUT2D eigenvalue weighted by Gasteiger charge is -2.22. The Morgan fingerprint density at radius 3 is 1.10 bits per heavy atom. The summed E-state index contributed by atoms with van der Waals surface area (Å²) in [5.74, 6) is 0. The van der Waals surface area contributed by atoms with Gasteiger partial charge >= 0.3 is 0 Å². The van der Waals surface area contributed by atoms with Crippen molar-refractivity contribution in [2.24, 2.45) is 0 Å². The summed E-state index contributed by atoms with van der Waals surface area (Å²) in [7, 11) is 0. The molecule has 2 aromatic rings. The van der Waals surface area contributed by atoms with Crippen LogP contribution in [0.4, 0.5) is 0 Å². The van der Waals surface area contributed by atoms with Gasteiger partial charge in [-0.1, -0.05) is 140 Å². The van der Waals surface area contributed by atoms with Crippen molar-refractivity contribution in [2.45, 2.75) is 156 Å². The Kier molecular flexibility index (Phi) is 26.6. The van der Waals surface area contributed by atoms with Crippen LogP contribution in [-0.4, -0.2) is 62.3 Å². The van der Waals surface area contributed by atoms with E-state index < -0.39 is 0 Å². The van der Waals surface area contributed by atoms with Crippen LogP contribution in [-0.2, 0) is 22.7 Å². The Morgan fingerprint density at radius 2 is 0.708 bits per heavy atom. The number of nitrogens with zero attached hydrogens (tertiary/aromatic N) is 2. The summed E-state index contributed by atoms with van der Waals surface area (Å²) >= 11 is 0. The van der Waals surface area contributed by atoms with Crippen molar-refractivity contribution in [3.63, 3.8) is 0 Å². The Hall–Kier alpha value is -1.72. The van der Waals surface area contributed by atoms with E-state index >= 15 is 0 Å². The first-order valence-corrected chi connectivity index (χ1v) is 20.5. The maximum absolute atomic E-state index is 6.27.